The van der Waals surface area contributed by atoms with Crippen LogP contribution in [0.5, 0.6) is 5.75 Å². The molecule has 0 aromatic heterocycles. The van der Waals surface area contributed by atoms with Crippen LogP contribution in [0.15, 0.2) is 24.3 Å². The number of unbranched alkanes of at least 4 members (excludes halogenated alkanes) is 2. The Bertz CT molecular complexity index is 340. The SMILES string of the molecule is NNC(=O)CCCCCc1ccccc1O. The largest absolute Gasteiger partial charge is 0.508 e. The van der Waals surface area contributed by atoms with Crippen LogP contribution in [-0.2, 0) is 11.2 Å². The molecule has 16 heavy (non-hydrogen) atoms. The predicted octanol–water partition coefficient (Wildman–Crippen LogP) is 1.48. The zero-order chi connectivity index (χ0) is 11.8. The molecular weight excluding hydrogens is 204 g/mol. The lowest BCUT2D eigenvalue weighted by molar-refractivity contribution is -0.121. The van der Waals surface area contributed by atoms with Crippen LogP contribution in [0.3, 0.4) is 0 Å². The summed E-state index contributed by atoms with van der Waals surface area (Å²) in [7, 11) is 0. The lowest BCUT2D eigenvalue weighted by Gasteiger charge is -2.03. The second kappa shape index (κ2) is 6.85. The van der Waals surface area contributed by atoms with Gasteiger partial charge in [0.2, 0.25) is 5.91 Å². The molecule has 1 aromatic rings. The van der Waals surface area contributed by atoms with Gasteiger partial charge in [-0.05, 0) is 30.9 Å². The van der Waals surface area contributed by atoms with Crippen molar-refractivity contribution >= 4 is 5.91 Å². The number of nitrogens with two attached hydrogens (primary N) is 1. The van der Waals surface area contributed by atoms with Crippen molar-refractivity contribution in [2.24, 2.45) is 5.84 Å². The van der Waals surface area contributed by atoms with Crippen LogP contribution >= 0.6 is 0 Å². The van der Waals surface area contributed by atoms with E-state index >= 15 is 0 Å². The molecule has 0 aliphatic heterocycles. The highest BCUT2D eigenvalue weighted by molar-refractivity contribution is 5.75. The average Bonchev–Trinajstić information content (AvgIpc) is 2.30. The quantitative estimate of drug-likeness (QED) is 0.295. The van der Waals surface area contributed by atoms with Gasteiger partial charge in [0.1, 0.15) is 5.75 Å². The number of carbonyl (C=O) groups excluding carboxylic acids is 1. The fourth-order valence-corrected chi connectivity index (χ4v) is 1.57. The molecule has 0 radical (unpaired) electrons. The zero-order valence-electron chi connectivity index (χ0n) is 9.28. The summed E-state index contributed by atoms with van der Waals surface area (Å²) in [5, 5.41) is 9.51. The van der Waals surface area contributed by atoms with E-state index in [0.717, 1.165) is 31.2 Å². The summed E-state index contributed by atoms with van der Waals surface area (Å²) < 4.78 is 0. The van der Waals surface area contributed by atoms with Crippen molar-refractivity contribution in [1.82, 2.24) is 5.43 Å². The van der Waals surface area contributed by atoms with Gasteiger partial charge in [0.05, 0.1) is 0 Å². The van der Waals surface area contributed by atoms with Gasteiger partial charge in [-0.2, -0.15) is 0 Å². The van der Waals surface area contributed by atoms with Crippen LogP contribution in [0.1, 0.15) is 31.2 Å². The maximum Gasteiger partial charge on any atom is 0.233 e. The molecule has 1 rings (SSSR count). The van der Waals surface area contributed by atoms with Gasteiger partial charge in [0.25, 0.3) is 0 Å². The highest BCUT2D eigenvalue weighted by Crippen LogP contribution is 2.18. The van der Waals surface area contributed by atoms with Crippen molar-refractivity contribution in [3.8, 4) is 5.75 Å². The molecule has 0 saturated heterocycles. The number of phenols is 1. The van der Waals surface area contributed by atoms with Crippen molar-refractivity contribution in [2.75, 3.05) is 0 Å². The number of hydrogen-bond acceptors (Lipinski definition) is 3. The number of aromatic hydroxyl groups is 1. The van der Waals surface area contributed by atoms with Crippen LogP contribution in [0, 0.1) is 0 Å². The molecule has 0 heterocycles. The molecular formula is C12H18N2O2. The Labute approximate surface area is 95.4 Å². The molecule has 1 aromatic carbocycles. The minimum Gasteiger partial charge on any atom is -0.508 e. The number of rotatable bonds is 6. The lowest BCUT2D eigenvalue weighted by atomic mass is 10.1. The van der Waals surface area contributed by atoms with Crippen molar-refractivity contribution in [3.05, 3.63) is 29.8 Å². The fourth-order valence-electron chi connectivity index (χ4n) is 1.57. The van der Waals surface area contributed by atoms with Gasteiger partial charge in [-0.1, -0.05) is 24.6 Å². The summed E-state index contributed by atoms with van der Waals surface area (Å²) in [6, 6.07) is 7.33. The van der Waals surface area contributed by atoms with Crippen LogP contribution in [-0.4, -0.2) is 11.0 Å². The number of phenolic OH excluding ortho intramolecular Hbond substituents is 1. The Balaban J connectivity index is 2.17. The zero-order valence-corrected chi connectivity index (χ0v) is 9.28. The number of para-hydroxylation sites is 1. The van der Waals surface area contributed by atoms with Gasteiger partial charge >= 0.3 is 0 Å². The molecule has 0 aliphatic carbocycles. The third-order valence-electron chi connectivity index (χ3n) is 2.50. The standard InChI is InChI=1S/C12H18N2O2/c13-14-12(16)9-3-1-2-6-10-7-4-5-8-11(10)15/h4-5,7-8,15H,1-3,6,9,13H2,(H,14,16). The van der Waals surface area contributed by atoms with Crippen molar-refractivity contribution in [2.45, 2.75) is 32.1 Å². The minimum absolute atomic E-state index is 0.123. The number of benzene rings is 1. The number of aryl methyl sites for hydroxylation is 1. The van der Waals surface area contributed by atoms with E-state index in [1.165, 1.54) is 0 Å². The van der Waals surface area contributed by atoms with Gasteiger partial charge in [0.15, 0.2) is 0 Å². The maximum atomic E-state index is 10.8. The third kappa shape index (κ3) is 4.31. The molecule has 0 unspecified atom stereocenters. The van der Waals surface area contributed by atoms with Crippen molar-refractivity contribution < 1.29 is 9.90 Å². The van der Waals surface area contributed by atoms with Crippen LogP contribution in [0.2, 0.25) is 0 Å². The monoisotopic (exact) mass is 222 g/mol. The van der Waals surface area contributed by atoms with Crippen LogP contribution in [0.25, 0.3) is 0 Å². The Morgan fingerprint density at radius 1 is 1.25 bits per heavy atom. The first-order valence-electron chi connectivity index (χ1n) is 5.50. The Morgan fingerprint density at radius 2 is 2.00 bits per heavy atom. The normalized spacial score (nSPS) is 10.1. The van der Waals surface area contributed by atoms with E-state index in [4.69, 9.17) is 5.84 Å². The molecule has 0 bridgehead atoms. The lowest BCUT2D eigenvalue weighted by Crippen LogP contribution is -2.29. The average molecular weight is 222 g/mol. The molecule has 0 aliphatic rings. The molecule has 4 nitrogen and oxygen atoms in total. The van der Waals surface area contributed by atoms with Gasteiger partial charge in [-0.25, -0.2) is 5.84 Å². The number of nitrogens with one attached hydrogen (secondary N) is 1. The molecule has 0 fully saturated rings. The molecule has 0 atom stereocenters. The smallest absolute Gasteiger partial charge is 0.233 e. The summed E-state index contributed by atoms with van der Waals surface area (Å²) >= 11 is 0. The summed E-state index contributed by atoms with van der Waals surface area (Å²) in [4.78, 5) is 10.8. The predicted molar refractivity (Wildman–Crippen MR) is 62.6 cm³/mol. The number of carbonyl (C=O) groups is 1. The topological polar surface area (TPSA) is 75.3 Å². The van der Waals surface area contributed by atoms with Gasteiger partial charge in [-0.15, -0.1) is 0 Å². The van der Waals surface area contributed by atoms with E-state index < -0.39 is 0 Å². The highest BCUT2D eigenvalue weighted by atomic mass is 16.3. The third-order valence-corrected chi connectivity index (χ3v) is 2.50. The fraction of sp³-hybridized carbons (Fsp3) is 0.417. The number of hydrogen-bond donors (Lipinski definition) is 3. The van der Waals surface area contributed by atoms with Crippen molar-refractivity contribution in [1.29, 1.82) is 0 Å². The minimum atomic E-state index is -0.123. The molecule has 0 saturated carbocycles. The van der Waals surface area contributed by atoms with E-state index in [-0.39, 0.29) is 5.91 Å². The first kappa shape index (κ1) is 12.5. The van der Waals surface area contributed by atoms with E-state index in [0.29, 0.717) is 12.2 Å². The number of amides is 1. The van der Waals surface area contributed by atoms with E-state index in [1.807, 2.05) is 18.2 Å². The maximum absolute atomic E-state index is 10.8. The van der Waals surface area contributed by atoms with Crippen LogP contribution < -0.4 is 11.3 Å². The summed E-state index contributed by atoms with van der Waals surface area (Å²) in [6.07, 6.45) is 4.07. The van der Waals surface area contributed by atoms with Gasteiger partial charge in [0, 0.05) is 6.42 Å². The van der Waals surface area contributed by atoms with Crippen LogP contribution in [0.4, 0.5) is 0 Å². The molecule has 4 heteroatoms. The van der Waals surface area contributed by atoms with E-state index in [1.54, 1.807) is 6.07 Å². The Hall–Kier alpha value is -1.55. The summed E-state index contributed by atoms with van der Waals surface area (Å²) in [5.41, 5.74) is 3.07. The Morgan fingerprint density at radius 3 is 2.69 bits per heavy atom. The van der Waals surface area contributed by atoms with E-state index in [9.17, 15) is 9.90 Å². The van der Waals surface area contributed by atoms with E-state index in [2.05, 4.69) is 5.43 Å². The summed E-state index contributed by atoms with van der Waals surface area (Å²) in [5.74, 6) is 5.19. The van der Waals surface area contributed by atoms with Crippen molar-refractivity contribution in [3.63, 3.8) is 0 Å². The molecule has 1 amide bonds. The summed E-state index contributed by atoms with van der Waals surface area (Å²) in [6.45, 7) is 0. The second-order valence-corrected chi connectivity index (χ2v) is 3.76. The highest BCUT2D eigenvalue weighted by Gasteiger charge is 2.00. The van der Waals surface area contributed by atoms with Gasteiger partial charge in [-0.3, -0.25) is 10.2 Å². The molecule has 0 spiro atoms. The second-order valence-electron chi connectivity index (χ2n) is 3.76. The molecule has 88 valence electrons. The number of hydrazine groups is 1. The molecule has 4 N–H and O–H groups in total. The first-order chi connectivity index (χ1) is 7.74. The van der Waals surface area contributed by atoms with Gasteiger partial charge < -0.3 is 5.11 Å². The Kier molecular flexibility index (Phi) is 5.36. The first-order valence-corrected chi connectivity index (χ1v) is 5.50.